The molecule has 0 saturated carbocycles. The number of imidazole rings is 1. The summed E-state index contributed by atoms with van der Waals surface area (Å²) in [7, 11) is 0. The molecule has 3 heteroatoms. The maximum atomic E-state index is 4.44. The maximum Gasteiger partial charge on any atom is 0.132 e. The van der Waals surface area contributed by atoms with E-state index in [1.165, 1.54) is 22.3 Å². The van der Waals surface area contributed by atoms with Gasteiger partial charge in [0, 0.05) is 6.20 Å². The number of nitrogens with zero attached hydrogens (tertiary/aromatic N) is 2. The Morgan fingerprint density at radius 2 is 1.63 bits per heavy atom. The molecule has 3 rings (SSSR count). The van der Waals surface area contributed by atoms with E-state index in [0.29, 0.717) is 0 Å². The highest BCUT2D eigenvalue weighted by atomic mass is 79.9. The SMILES string of the molecule is Cc1cc(C)cc(-c2ccc3c(Br)nc(C)n3c2)c1. The highest BCUT2D eigenvalue weighted by Crippen LogP contribution is 2.26. The quantitative estimate of drug-likeness (QED) is 0.637. The molecule has 0 bridgehead atoms. The van der Waals surface area contributed by atoms with Gasteiger partial charge in [0.05, 0.1) is 5.52 Å². The van der Waals surface area contributed by atoms with Gasteiger partial charge in [-0.1, -0.05) is 35.4 Å². The summed E-state index contributed by atoms with van der Waals surface area (Å²) in [5.41, 5.74) is 6.15. The molecule has 0 N–H and O–H groups in total. The van der Waals surface area contributed by atoms with Gasteiger partial charge in [0.15, 0.2) is 0 Å². The number of rotatable bonds is 1. The predicted molar refractivity (Wildman–Crippen MR) is 82.5 cm³/mol. The number of aryl methyl sites for hydroxylation is 3. The van der Waals surface area contributed by atoms with Gasteiger partial charge in [0.2, 0.25) is 0 Å². The molecular formula is C16H15BrN2. The topological polar surface area (TPSA) is 17.3 Å². The molecular weight excluding hydrogens is 300 g/mol. The summed E-state index contributed by atoms with van der Waals surface area (Å²) in [6.07, 6.45) is 2.15. The Balaban J connectivity index is 2.22. The normalized spacial score (nSPS) is 11.2. The first-order valence-corrected chi connectivity index (χ1v) is 7.07. The lowest BCUT2D eigenvalue weighted by Crippen LogP contribution is -1.90. The third-order valence-corrected chi connectivity index (χ3v) is 3.91. The van der Waals surface area contributed by atoms with Crippen molar-refractivity contribution in [2.45, 2.75) is 20.8 Å². The van der Waals surface area contributed by atoms with Crippen molar-refractivity contribution in [3.8, 4) is 11.1 Å². The van der Waals surface area contributed by atoms with Gasteiger partial charge in [-0.3, -0.25) is 0 Å². The molecule has 0 aliphatic rings. The Morgan fingerprint density at radius 3 is 2.32 bits per heavy atom. The molecule has 0 fully saturated rings. The van der Waals surface area contributed by atoms with E-state index in [1.807, 2.05) is 6.92 Å². The summed E-state index contributed by atoms with van der Waals surface area (Å²) in [6, 6.07) is 10.9. The van der Waals surface area contributed by atoms with Gasteiger partial charge < -0.3 is 4.40 Å². The van der Waals surface area contributed by atoms with Gasteiger partial charge in [0.1, 0.15) is 10.4 Å². The first-order chi connectivity index (χ1) is 9.04. The summed E-state index contributed by atoms with van der Waals surface area (Å²) in [6.45, 7) is 6.28. The van der Waals surface area contributed by atoms with E-state index in [0.717, 1.165) is 15.9 Å². The summed E-state index contributed by atoms with van der Waals surface area (Å²) < 4.78 is 3.02. The van der Waals surface area contributed by atoms with Crippen molar-refractivity contribution in [3.63, 3.8) is 0 Å². The molecule has 3 aromatic rings. The van der Waals surface area contributed by atoms with Crippen LogP contribution in [-0.2, 0) is 0 Å². The van der Waals surface area contributed by atoms with Crippen LogP contribution >= 0.6 is 15.9 Å². The molecule has 0 amide bonds. The second-order valence-corrected chi connectivity index (χ2v) is 5.75. The second-order valence-electron chi connectivity index (χ2n) is 5.00. The Labute approximate surface area is 121 Å². The van der Waals surface area contributed by atoms with E-state index in [2.05, 4.69) is 75.7 Å². The van der Waals surface area contributed by atoms with Crippen molar-refractivity contribution in [1.29, 1.82) is 0 Å². The van der Waals surface area contributed by atoms with Gasteiger partial charge in [-0.15, -0.1) is 0 Å². The van der Waals surface area contributed by atoms with Crippen molar-refractivity contribution in [2.24, 2.45) is 0 Å². The van der Waals surface area contributed by atoms with Gasteiger partial charge in [-0.05, 0) is 53.9 Å². The van der Waals surface area contributed by atoms with Crippen molar-refractivity contribution >= 4 is 21.4 Å². The minimum atomic E-state index is 0.900. The molecule has 0 aliphatic heterocycles. The van der Waals surface area contributed by atoms with E-state index >= 15 is 0 Å². The molecule has 0 radical (unpaired) electrons. The zero-order valence-electron chi connectivity index (χ0n) is 11.2. The Morgan fingerprint density at radius 1 is 0.947 bits per heavy atom. The highest BCUT2D eigenvalue weighted by Gasteiger charge is 2.07. The minimum absolute atomic E-state index is 0.900. The lowest BCUT2D eigenvalue weighted by molar-refractivity contribution is 1.04. The van der Waals surface area contributed by atoms with Crippen LogP contribution in [0.5, 0.6) is 0 Å². The van der Waals surface area contributed by atoms with Crippen LogP contribution in [0.2, 0.25) is 0 Å². The smallest absolute Gasteiger partial charge is 0.132 e. The van der Waals surface area contributed by atoms with Crippen LogP contribution in [0.25, 0.3) is 16.6 Å². The fourth-order valence-electron chi connectivity index (χ4n) is 2.50. The lowest BCUT2D eigenvalue weighted by atomic mass is 10.0. The van der Waals surface area contributed by atoms with Gasteiger partial charge in [0.25, 0.3) is 0 Å². The Hall–Kier alpha value is -1.61. The van der Waals surface area contributed by atoms with Crippen molar-refractivity contribution < 1.29 is 0 Å². The first-order valence-electron chi connectivity index (χ1n) is 6.27. The number of aromatic nitrogens is 2. The number of fused-ring (bicyclic) bond motifs is 1. The standard InChI is InChI=1S/C16H15BrN2/c1-10-6-11(2)8-14(7-10)13-4-5-15-16(17)18-12(3)19(15)9-13/h4-9H,1-3H3. The Bertz CT molecular complexity index is 752. The molecule has 1 aromatic carbocycles. The van der Waals surface area contributed by atoms with Crippen LogP contribution in [-0.4, -0.2) is 9.38 Å². The van der Waals surface area contributed by atoms with Crippen LogP contribution in [0, 0.1) is 20.8 Å². The van der Waals surface area contributed by atoms with E-state index in [9.17, 15) is 0 Å². The fourth-order valence-corrected chi connectivity index (χ4v) is 3.08. The number of hydrogen-bond donors (Lipinski definition) is 0. The average Bonchev–Trinajstić information content (AvgIpc) is 2.63. The van der Waals surface area contributed by atoms with E-state index < -0.39 is 0 Å². The fraction of sp³-hybridized carbons (Fsp3) is 0.188. The van der Waals surface area contributed by atoms with Crippen molar-refractivity contribution in [3.05, 3.63) is 58.1 Å². The summed E-state index contributed by atoms with van der Waals surface area (Å²) in [5, 5.41) is 0. The minimum Gasteiger partial charge on any atom is -0.302 e. The van der Waals surface area contributed by atoms with Gasteiger partial charge >= 0.3 is 0 Å². The molecule has 2 heterocycles. The van der Waals surface area contributed by atoms with Crippen LogP contribution in [0.4, 0.5) is 0 Å². The number of pyridine rings is 1. The summed E-state index contributed by atoms with van der Waals surface area (Å²) in [5.74, 6) is 0.994. The second kappa shape index (κ2) is 4.49. The van der Waals surface area contributed by atoms with Gasteiger partial charge in [-0.2, -0.15) is 0 Å². The molecule has 19 heavy (non-hydrogen) atoms. The lowest BCUT2D eigenvalue weighted by Gasteiger charge is -2.07. The highest BCUT2D eigenvalue weighted by molar-refractivity contribution is 9.10. The maximum absolute atomic E-state index is 4.44. The third-order valence-electron chi connectivity index (χ3n) is 3.32. The zero-order valence-corrected chi connectivity index (χ0v) is 12.8. The molecule has 2 nitrogen and oxygen atoms in total. The number of benzene rings is 1. The molecule has 0 atom stereocenters. The van der Waals surface area contributed by atoms with Crippen molar-refractivity contribution in [2.75, 3.05) is 0 Å². The summed E-state index contributed by atoms with van der Waals surface area (Å²) >= 11 is 3.49. The molecule has 0 unspecified atom stereocenters. The van der Waals surface area contributed by atoms with Crippen molar-refractivity contribution in [1.82, 2.24) is 9.38 Å². The van der Waals surface area contributed by atoms with Crippen LogP contribution < -0.4 is 0 Å². The first kappa shape index (κ1) is 12.4. The largest absolute Gasteiger partial charge is 0.302 e. The molecule has 0 aliphatic carbocycles. The summed E-state index contributed by atoms with van der Waals surface area (Å²) in [4.78, 5) is 4.44. The van der Waals surface area contributed by atoms with Crippen LogP contribution in [0.15, 0.2) is 41.1 Å². The van der Waals surface area contributed by atoms with E-state index in [4.69, 9.17) is 0 Å². The number of halogens is 1. The molecule has 0 spiro atoms. The molecule has 96 valence electrons. The molecule has 2 aromatic heterocycles. The predicted octanol–water partition coefficient (Wildman–Crippen LogP) is 4.69. The van der Waals surface area contributed by atoms with Crippen LogP contribution in [0.3, 0.4) is 0 Å². The zero-order chi connectivity index (χ0) is 13.6. The molecule has 0 saturated heterocycles. The monoisotopic (exact) mass is 314 g/mol. The van der Waals surface area contributed by atoms with Gasteiger partial charge in [-0.25, -0.2) is 4.98 Å². The third kappa shape index (κ3) is 2.19. The number of hydrogen-bond acceptors (Lipinski definition) is 1. The van der Waals surface area contributed by atoms with Crippen LogP contribution in [0.1, 0.15) is 17.0 Å². The Kier molecular flexibility index (Phi) is 2.94. The van der Waals surface area contributed by atoms with E-state index in [1.54, 1.807) is 0 Å². The van der Waals surface area contributed by atoms with E-state index in [-0.39, 0.29) is 0 Å². The average molecular weight is 315 g/mol.